The van der Waals surface area contributed by atoms with E-state index in [1.807, 2.05) is 18.2 Å². The number of hydrogen-bond acceptors (Lipinski definition) is 4. The van der Waals surface area contributed by atoms with Crippen LogP contribution in [0.25, 0.3) is 0 Å². The average molecular weight is 301 g/mol. The van der Waals surface area contributed by atoms with Crippen LogP contribution in [0.2, 0.25) is 0 Å². The van der Waals surface area contributed by atoms with Crippen molar-refractivity contribution in [2.75, 3.05) is 11.1 Å². The highest BCUT2D eigenvalue weighted by molar-refractivity contribution is 7.99. The van der Waals surface area contributed by atoms with Gasteiger partial charge < -0.3 is 11.1 Å². The minimum Gasteiger partial charge on any atom is -0.366 e. The van der Waals surface area contributed by atoms with Crippen molar-refractivity contribution < 1.29 is 9.59 Å². The van der Waals surface area contributed by atoms with Crippen LogP contribution >= 0.6 is 11.8 Å². The van der Waals surface area contributed by atoms with Crippen molar-refractivity contribution in [3.05, 3.63) is 54.2 Å². The Morgan fingerprint density at radius 2 is 1.90 bits per heavy atom. The Morgan fingerprint density at radius 3 is 2.52 bits per heavy atom. The van der Waals surface area contributed by atoms with Crippen LogP contribution in [0.4, 0.5) is 5.69 Å². The number of primary amides is 1. The van der Waals surface area contributed by atoms with Gasteiger partial charge in [-0.25, -0.2) is 4.98 Å². The number of carbonyl (C=O) groups is 2. The van der Waals surface area contributed by atoms with Crippen molar-refractivity contribution in [3.8, 4) is 0 Å². The fraction of sp³-hybridized carbons (Fsp3) is 0.133. The number of nitrogens with two attached hydrogens (primary N) is 1. The number of nitrogens with one attached hydrogen (secondary N) is 1. The second kappa shape index (κ2) is 7.44. The molecule has 3 N–H and O–H groups in total. The minimum absolute atomic E-state index is 0.0785. The summed E-state index contributed by atoms with van der Waals surface area (Å²) in [5, 5.41) is 3.67. The summed E-state index contributed by atoms with van der Waals surface area (Å²) in [7, 11) is 0. The molecule has 2 aromatic rings. The minimum atomic E-state index is -0.486. The van der Waals surface area contributed by atoms with Gasteiger partial charge in [0.1, 0.15) is 0 Å². The molecular weight excluding hydrogens is 286 g/mol. The molecule has 0 atom stereocenters. The molecule has 1 heterocycles. The Hall–Kier alpha value is -2.34. The van der Waals surface area contributed by atoms with E-state index >= 15 is 0 Å². The van der Waals surface area contributed by atoms with Crippen molar-refractivity contribution in [1.82, 2.24) is 4.98 Å². The summed E-state index contributed by atoms with van der Waals surface area (Å²) >= 11 is 1.53. The summed E-state index contributed by atoms with van der Waals surface area (Å²) in [4.78, 5) is 26.9. The molecule has 0 spiro atoms. The van der Waals surface area contributed by atoms with Gasteiger partial charge in [0.2, 0.25) is 11.8 Å². The molecule has 0 unspecified atom stereocenters. The molecule has 0 fully saturated rings. The van der Waals surface area contributed by atoms with Crippen LogP contribution in [0.1, 0.15) is 16.8 Å². The Labute approximate surface area is 127 Å². The van der Waals surface area contributed by atoms with Crippen LogP contribution in [0.5, 0.6) is 0 Å². The molecule has 0 aliphatic heterocycles. The van der Waals surface area contributed by atoms with Gasteiger partial charge in [0, 0.05) is 29.6 Å². The molecule has 2 amide bonds. The van der Waals surface area contributed by atoms with E-state index in [1.165, 1.54) is 11.8 Å². The molecule has 0 radical (unpaired) electrons. The zero-order valence-corrected chi connectivity index (χ0v) is 12.1. The van der Waals surface area contributed by atoms with Gasteiger partial charge in [0.25, 0.3) is 0 Å². The van der Waals surface area contributed by atoms with Crippen LogP contribution < -0.4 is 11.1 Å². The number of nitrogens with zero attached hydrogens (tertiary/aromatic N) is 1. The first-order valence-electron chi connectivity index (χ1n) is 6.39. The van der Waals surface area contributed by atoms with Crippen molar-refractivity contribution in [1.29, 1.82) is 0 Å². The molecule has 0 aliphatic carbocycles. The van der Waals surface area contributed by atoms with Gasteiger partial charge >= 0.3 is 0 Å². The molecule has 108 valence electrons. The van der Waals surface area contributed by atoms with E-state index in [0.29, 0.717) is 23.4 Å². The second-order valence-electron chi connectivity index (χ2n) is 4.26. The Bertz CT molecular complexity index is 615. The lowest BCUT2D eigenvalue weighted by atomic mass is 10.2. The SMILES string of the molecule is NC(=O)c1ccc(NC(=O)CCSc2ccccn2)cc1. The van der Waals surface area contributed by atoms with Crippen molar-refractivity contribution in [2.45, 2.75) is 11.4 Å². The zero-order valence-electron chi connectivity index (χ0n) is 11.3. The molecule has 21 heavy (non-hydrogen) atoms. The molecule has 2 rings (SSSR count). The third-order valence-corrected chi connectivity index (χ3v) is 3.62. The highest BCUT2D eigenvalue weighted by Crippen LogP contribution is 2.15. The summed E-state index contributed by atoms with van der Waals surface area (Å²) < 4.78 is 0. The quantitative estimate of drug-likeness (QED) is 0.802. The summed E-state index contributed by atoms with van der Waals surface area (Å²) in [5.74, 6) is 0.0901. The highest BCUT2D eigenvalue weighted by atomic mass is 32.2. The maximum atomic E-state index is 11.8. The maximum Gasteiger partial charge on any atom is 0.248 e. The van der Waals surface area contributed by atoms with E-state index in [2.05, 4.69) is 10.3 Å². The monoisotopic (exact) mass is 301 g/mol. The second-order valence-corrected chi connectivity index (χ2v) is 5.37. The fourth-order valence-electron chi connectivity index (χ4n) is 1.62. The van der Waals surface area contributed by atoms with Crippen LogP contribution in [0, 0.1) is 0 Å². The lowest BCUT2D eigenvalue weighted by molar-refractivity contribution is -0.115. The molecule has 0 saturated heterocycles. The molecule has 5 nitrogen and oxygen atoms in total. The normalized spacial score (nSPS) is 10.1. The van der Waals surface area contributed by atoms with Gasteiger partial charge in [-0.2, -0.15) is 0 Å². The zero-order chi connectivity index (χ0) is 15.1. The van der Waals surface area contributed by atoms with Crippen LogP contribution in [0.3, 0.4) is 0 Å². The van der Waals surface area contributed by atoms with E-state index in [4.69, 9.17) is 5.73 Å². The summed E-state index contributed by atoms with van der Waals surface area (Å²) in [5.41, 5.74) is 6.21. The lowest BCUT2D eigenvalue weighted by Crippen LogP contribution is -2.13. The van der Waals surface area contributed by atoms with E-state index in [-0.39, 0.29) is 5.91 Å². The van der Waals surface area contributed by atoms with Crippen molar-refractivity contribution in [3.63, 3.8) is 0 Å². The molecular formula is C15H15N3O2S. The Balaban J connectivity index is 1.78. The van der Waals surface area contributed by atoms with E-state index in [1.54, 1.807) is 30.5 Å². The van der Waals surface area contributed by atoms with E-state index in [0.717, 1.165) is 5.03 Å². The third kappa shape index (κ3) is 4.92. The van der Waals surface area contributed by atoms with Crippen molar-refractivity contribution >= 4 is 29.3 Å². The fourth-order valence-corrected chi connectivity index (χ4v) is 2.43. The molecule has 0 saturated carbocycles. The Morgan fingerprint density at radius 1 is 1.14 bits per heavy atom. The number of anilines is 1. The van der Waals surface area contributed by atoms with E-state index < -0.39 is 5.91 Å². The maximum absolute atomic E-state index is 11.8. The number of hydrogen-bond donors (Lipinski definition) is 2. The summed E-state index contributed by atoms with van der Waals surface area (Å²) in [6.07, 6.45) is 2.11. The predicted octanol–water partition coefficient (Wildman–Crippen LogP) is 2.30. The third-order valence-electron chi connectivity index (χ3n) is 2.67. The number of aromatic nitrogens is 1. The number of carbonyl (C=O) groups excluding carboxylic acids is 2. The largest absolute Gasteiger partial charge is 0.366 e. The van der Waals surface area contributed by atoms with Gasteiger partial charge in [0.15, 0.2) is 0 Å². The van der Waals surface area contributed by atoms with Gasteiger partial charge in [-0.15, -0.1) is 11.8 Å². The average Bonchev–Trinajstić information content (AvgIpc) is 2.49. The first kappa shape index (κ1) is 15.1. The number of pyridine rings is 1. The van der Waals surface area contributed by atoms with Crippen molar-refractivity contribution in [2.24, 2.45) is 5.73 Å². The molecule has 1 aromatic heterocycles. The van der Waals surface area contributed by atoms with Gasteiger partial charge in [-0.3, -0.25) is 9.59 Å². The predicted molar refractivity (Wildman–Crippen MR) is 83.2 cm³/mol. The summed E-state index contributed by atoms with van der Waals surface area (Å²) in [6, 6.07) is 12.2. The van der Waals surface area contributed by atoms with E-state index in [9.17, 15) is 9.59 Å². The lowest BCUT2D eigenvalue weighted by Gasteiger charge is -2.05. The standard InChI is InChI=1S/C15H15N3O2S/c16-15(20)11-4-6-12(7-5-11)18-13(19)8-10-21-14-3-1-2-9-17-14/h1-7,9H,8,10H2,(H2,16,20)(H,18,19). The van der Waals surface area contributed by atoms with Crippen LogP contribution in [-0.4, -0.2) is 22.6 Å². The molecule has 0 aliphatic rings. The first-order valence-corrected chi connectivity index (χ1v) is 7.37. The molecule has 1 aromatic carbocycles. The first-order chi connectivity index (χ1) is 10.1. The number of thioether (sulfide) groups is 1. The number of rotatable bonds is 6. The van der Waals surface area contributed by atoms with Gasteiger partial charge in [0.05, 0.1) is 5.03 Å². The highest BCUT2D eigenvalue weighted by Gasteiger charge is 2.04. The van der Waals surface area contributed by atoms with Crippen LogP contribution in [-0.2, 0) is 4.79 Å². The Kier molecular flexibility index (Phi) is 5.34. The number of benzene rings is 1. The van der Waals surface area contributed by atoms with Gasteiger partial charge in [-0.05, 0) is 36.4 Å². The molecule has 6 heteroatoms. The van der Waals surface area contributed by atoms with Gasteiger partial charge in [-0.1, -0.05) is 6.07 Å². The van der Waals surface area contributed by atoms with Crippen LogP contribution in [0.15, 0.2) is 53.7 Å². The number of amides is 2. The summed E-state index contributed by atoms with van der Waals surface area (Å²) in [6.45, 7) is 0. The smallest absolute Gasteiger partial charge is 0.248 e. The molecule has 0 bridgehead atoms. The topological polar surface area (TPSA) is 85.1 Å².